The number of hydrogen-bond donors (Lipinski definition) is 1. The molecule has 6 heteroatoms. The van der Waals surface area contributed by atoms with Gasteiger partial charge >= 0.3 is 0 Å². The maximum atomic E-state index is 13.3. The lowest BCUT2D eigenvalue weighted by Crippen LogP contribution is -2.53. The molecule has 0 aliphatic heterocycles. The Morgan fingerprint density at radius 2 is 1.74 bits per heavy atom. The first kappa shape index (κ1) is 24.7. The molecule has 2 rings (SSSR count). The molecule has 0 saturated heterocycles. The lowest BCUT2D eigenvalue weighted by Gasteiger charge is -2.33. The molecule has 1 atom stereocenters. The first-order valence-corrected chi connectivity index (χ1v) is 11.0. The van der Waals surface area contributed by atoms with E-state index in [1.165, 1.54) is 0 Å². The third kappa shape index (κ3) is 7.59. The molecular formula is C25H33ClN2O3. The summed E-state index contributed by atoms with van der Waals surface area (Å²) in [4.78, 5) is 28.0. The summed E-state index contributed by atoms with van der Waals surface area (Å²) in [5, 5.41) is 3.67. The Hall–Kier alpha value is -2.53. The largest absolute Gasteiger partial charge is 0.497 e. The second-order valence-electron chi connectivity index (χ2n) is 8.62. The molecule has 0 saturated carbocycles. The van der Waals surface area contributed by atoms with Gasteiger partial charge in [0.15, 0.2) is 0 Å². The van der Waals surface area contributed by atoms with E-state index in [2.05, 4.69) is 5.32 Å². The molecule has 0 aliphatic rings. The number of nitrogens with zero attached hydrogens (tertiary/aromatic N) is 1. The van der Waals surface area contributed by atoms with Crippen LogP contribution in [0.4, 0.5) is 0 Å². The van der Waals surface area contributed by atoms with E-state index in [4.69, 9.17) is 16.3 Å². The molecule has 2 aromatic carbocycles. The van der Waals surface area contributed by atoms with Crippen molar-refractivity contribution in [2.45, 2.75) is 65.1 Å². The zero-order chi connectivity index (χ0) is 23.0. The number of benzene rings is 2. The smallest absolute Gasteiger partial charge is 0.243 e. The summed E-state index contributed by atoms with van der Waals surface area (Å²) in [7, 11) is 1.61. The van der Waals surface area contributed by atoms with Crippen molar-refractivity contribution >= 4 is 23.4 Å². The van der Waals surface area contributed by atoms with Crippen molar-refractivity contribution in [1.82, 2.24) is 10.2 Å². The van der Waals surface area contributed by atoms with Gasteiger partial charge in [-0.05, 0) is 62.9 Å². The van der Waals surface area contributed by atoms with E-state index in [0.717, 1.165) is 16.9 Å². The van der Waals surface area contributed by atoms with E-state index in [9.17, 15) is 9.59 Å². The summed E-state index contributed by atoms with van der Waals surface area (Å²) in [5.41, 5.74) is 1.49. The molecule has 31 heavy (non-hydrogen) atoms. The van der Waals surface area contributed by atoms with Crippen molar-refractivity contribution in [3.8, 4) is 5.75 Å². The van der Waals surface area contributed by atoms with E-state index in [1.54, 1.807) is 12.0 Å². The van der Waals surface area contributed by atoms with Crippen molar-refractivity contribution in [2.24, 2.45) is 0 Å². The van der Waals surface area contributed by atoms with Crippen LogP contribution in [0.25, 0.3) is 0 Å². The highest BCUT2D eigenvalue weighted by atomic mass is 35.5. The zero-order valence-corrected chi connectivity index (χ0v) is 19.8. The number of methoxy groups -OCH3 is 1. The molecule has 0 spiro atoms. The molecule has 0 aromatic heterocycles. The number of carbonyl (C=O) groups is 2. The van der Waals surface area contributed by atoms with Crippen molar-refractivity contribution in [1.29, 1.82) is 0 Å². The Morgan fingerprint density at radius 3 is 2.29 bits per heavy atom. The lowest BCUT2D eigenvalue weighted by atomic mass is 10.0. The number of halogens is 1. The minimum atomic E-state index is -0.555. The molecule has 0 radical (unpaired) electrons. The molecule has 0 fully saturated rings. The fourth-order valence-electron chi connectivity index (χ4n) is 3.39. The Bertz CT molecular complexity index is 875. The fourth-order valence-corrected chi connectivity index (χ4v) is 3.62. The minimum Gasteiger partial charge on any atom is -0.497 e. The maximum Gasteiger partial charge on any atom is 0.243 e. The van der Waals surface area contributed by atoms with E-state index >= 15 is 0 Å². The highest BCUT2D eigenvalue weighted by Crippen LogP contribution is 2.20. The van der Waals surface area contributed by atoms with Crippen LogP contribution in [-0.4, -0.2) is 35.4 Å². The molecule has 1 N–H and O–H groups in total. The summed E-state index contributed by atoms with van der Waals surface area (Å²) >= 11 is 6.26. The van der Waals surface area contributed by atoms with Crippen molar-refractivity contribution in [2.75, 3.05) is 7.11 Å². The number of rotatable bonds is 9. The van der Waals surface area contributed by atoms with Crippen LogP contribution in [-0.2, 0) is 22.6 Å². The number of ether oxygens (including phenoxy) is 1. The van der Waals surface area contributed by atoms with E-state index in [-0.39, 0.29) is 23.8 Å². The molecule has 2 amide bonds. The van der Waals surface area contributed by atoms with E-state index in [0.29, 0.717) is 24.4 Å². The first-order chi connectivity index (χ1) is 14.6. The van der Waals surface area contributed by atoms with E-state index in [1.807, 2.05) is 76.2 Å². The predicted octanol–water partition coefficient (Wildman–Crippen LogP) is 5.00. The summed E-state index contributed by atoms with van der Waals surface area (Å²) in [6.45, 7) is 8.08. The molecule has 2 aromatic rings. The summed E-state index contributed by atoms with van der Waals surface area (Å²) < 4.78 is 5.22. The van der Waals surface area contributed by atoms with Gasteiger partial charge in [-0.3, -0.25) is 9.59 Å². The van der Waals surface area contributed by atoms with Gasteiger partial charge in [0.05, 0.1) is 7.11 Å². The van der Waals surface area contributed by atoms with Crippen LogP contribution in [0.5, 0.6) is 5.75 Å². The van der Waals surface area contributed by atoms with Gasteiger partial charge in [0, 0.05) is 23.5 Å². The summed E-state index contributed by atoms with van der Waals surface area (Å²) in [6, 6.07) is 14.5. The predicted molar refractivity (Wildman–Crippen MR) is 125 cm³/mol. The Balaban J connectivity index is 2.24. The van der Waals surface area contributed by atoms with Gasteiger partial charge in [0.25, 0.3) is 0 Å². The van der Waals surface area contributed by atoms with Crippen LogP contribution in [0.1, 0.15) is 51.7 Å². The van der Waals surface area contributed by atoms with Gasteiger partial charge in [0.2, 0.25) is 11.8 Å². The van der Waals surface area contributed by atoms with Gasteiger partial charge in [-0.15, -0.1) is 0 Å². The van der Waals surface area contributed by atoms with Crippen molar-refractivity contribution in [3.63, 3.8) is 0 Å². The van der Waals surface area contributed by atoms with Crippen molar-refractivity contribution in [3.05, 3.63) is 64.7 Å². The average molecular weight is 445 g/mol. The van der Waals surface area contributed by atoms with Crippen molar-refractivity contribution < 1.29 is 14.3 Å². The zero-order valence-electron chi connectivity index (χ0n) is 19.1. The van der Waals surface area contributed by atoms with Crippen LogP contribution in [0, 0.1) is 0 Å². The maximum absolute atomic E-state index is 13.3. The summed E-state index contributed by atoms with van der Waals surface area (Å²) in [6.07, 6.45) is 1.32. The number of amides is 2. The molecule has 0 aliphatic carbocycles. The molecule has 0 heterocycles. The molecule has 5 nitrogen and oxygen atoms in total. The van der Waals surface area contributed by atoms with Gasteiger partial charge in [-0.2, -0.15) is 0 Å². The third-order valence-corrected chi connectivity index (χ3v) is 5.33. The highest BCUT2D eigenvalue weighted by Gasteiger charge is 2.30. The van der Waals surface area contributed by atoms with Gasteiger partial charge in [0.1, 0.15) is 11.8 Å². The quantitative estimate of drug-likeness (QED) is 0.591. The molecule has 0 unspecified atom stereocenters. The van der Waals surface area contributed by atoms with Crippen LogP contribution >= 0.6 is 11.6 Å². The summed E-state index contributed by atoms with van der Waals surface area (Å²) in [5.74, 6) is 0.527. The second-order valence-corrected chi connectivity index (χ2v) is 9.03. The SMILES string of the molecule is CC[C@H](C(=O)NC(C)(C)C)N(Cc1ccc(OC)cc1)C(=O)CCc1ccccc1Cl. The number of nitrogens with one attached hydrogen (secondary N) is 1. The first-order valence-electron chi connectivity index (χ1n) is 10.6. The molecular weight excluding hydrogens is 412 g/mol. The van der Waals surface area contributed by atoms with Gasteiger partial charge < -0.3 is 15.0 Å². The molecule has 0 bridgehead atoms. The second kappa shape index (κ2) is 11.2. The lowest BCUT2D eigenvalue weighted by molar-refractivity contribution is -0.142. The number of hydrogen-bond acceptors (Lipinski definition) is 3. The highest BCUT2D eigenvalue weighted by molar-refractivity contribution is 6.31. The van der Waals surface area contributed by atoms with Crippen LogP contribution in [0.2, 0.25) is 5.02 Å². The average Bonchev–Trinajstić information content (AvgIpc) is 2.72. The Labute approximate surface area is 190 Å². The molecule has 168 valence electrons. The standard InChI is InChI=1S/C25H33ClN2O3/c1-6-22(24(30)27-25(2,3)4)28(17-18-11-14-20(31-5)15-12-18)23(29)16-13-19-9-7-8-10-21(19)26/h7-12,14-15,22H,6,13,16-17H2,1-5H3,(H,27,30)/t22-/m1/s1. The number of aryl methyl sites for hydroxylation is 1. The Morgan fingerprint density at radius 1 is 1.10 bits per heavy atom. The normalized spacial score (nSPS) is 12.2. The van der Waals surface area contributed by atoms with E-state index < -0.39 is 6.04 Å². The Kier molecular flexibility index (Phi) is 8.93. The van der Waals surface area contributed by atoms with Gasteiger partial charge in [-0.1, -0.05) is 48.9 Å². The van der Waals surface area contributed by atoms with Gasteiger partial charge in [-0.25, -0.2) is 0 Å². The topological polar surface area (TPSA) is 58.6 Å². The van der Waals surface area contributed by atoms with Crippen LogP contribution < -0.4 is 10.1 Å². The minimum absolute atomic E-state index is 0.0772. The monoisotopic (exact) mass is 444 g/mol. The fraction of sp³-hybridized carbons (Fsp3) is 0.440. The van der Waals surface area contributed by atoms with Crippen LogP contribution in [0.15, 0.2) is 48.5 Å². The van der Waals surface area contributed by atoms with Crippen LogP contribution in [0.3, 0.4) is 0 Å². The third-order valence-electron chi connectivity index (χ3n) is 4.96. The number of carbonyl (C=O) groups excluding carboxylic acids is 2.